The second kappa shape index (κ2) is 4.38. The van der Waals surface area contributed by atoms with E-state index >= 15 is 0 Å². The van der Waals surface area contributed by atoms with E-state index in [-0.39, 0.29) is 11.7 Å². The molecular weight excluding hydrogens is 164 g/mol. The van der Waals surface area contributed by atoms with Crippen molar-refractivity contribution >= 4 is 24.0 Å². The van der Waals surface area contributed by atoms with E-state index in [4.69, 9.17) is 0 Å². The van der Waals surface area contributed by atoms with Gasteiger partial charge in [-0.25, -0.2) is 0 Å². The molecule has 0 aliphatic heterocycles. The van der Waals surface area contributed by atoms with Crippen molar-refractivity contribution in [3.05, 3.63) is 0 Å². The Morgan fingerprint density at radius 1 is 1.64 bits per heavy atom. The standard InChI is InChI=1S/C7H12O3S/c1-7(2,5-8)11-4-6(9)10-3/h5H,4H2,1-3H3. The molecule has 0 radical (unpaired) electrons. The van der Waals surface area contributed by atoms with E-state index in [1.165, 1.54) is 18.9 Å². The Bertz CT molecular complexity index is 154. The lowest BCUT2D eigenvalue weighted by Gasteiger charge is -2.14. The summed E-state index contributed by atoms with van der Waals surface area (Å²) in [6.45, 7) is 3.52. The summed E-state index contributed by atoms with van der Waals surface area (Å²) in [5, 5.41) is 0. The van der Waals surface area contributed by atoms with Gasteiger partial charge in [-0.3, -0.25) is 4.79 Å². The molecule has 0 fully saturated rings. The molecule has 64 valence electrons. The molecule has 0 bridgehead atoms. The Morgan fingerprint density at radius 3 is 2.55 bits per heavy atom. The first-order valence-corrected chi connectivity index (χ1v) is 4.17. The van der Waals surface area contributed by atoms with Gasteiger partial charge in [-0.2, -0.15) is 0 Å². The zero-order valence-corrected chi connectivity index (χ0v) is 7.73. The van der Waals surface area contributed by atoms with E-state index in [0.29, 0.717) is 0 Å². The van der Waals surface area contributed by atoms with Crippen molar-refractivity contribution in [1.82, 2.24) is 0 Å². The largest absolute Gasteiger partial charge is 0.468 e. The Morgan fingerprint density at radius 2 is 2.18 bits per heavy atom. The van der Waals surface area contributed by atoms with Crippen LogP contribution < -0.4 is 0 Å². The zero-order chi connectivity index (χ0) is 8.91. The van der Waals surface area contributed by atoms with E-state index in [1.54, 1.807) is 13.8 Å². The molecule has 0 amide bonds. The van der Waals surface area contributed by atoms with Crippen molar-refractivity contribution in [3.8, 4) is 0 Å². The number of carbonyl (C=O) groups excluding carboxylic acids is 2. The van der Waals surface area contributed by atoms with E-state index in [9.17, 15) is 9.59 Å². The predicted octanol–water partition coefficient (Wildman–Crippen LogP) is 0.870. The van der Waals surface area contributed by atoms with E-state index < -0.39 is 4.75 Å². The molecule has 0 unspecified atom stereocenters. The van der Waals surface area contributed by atoms with Crippen LogP contribution in [-0.4, -0.2) is 29.9 Å². The van der Waals surface area contributed by atoms with Gasteiger partial charge in [0.15, 0.2) is 0 Å². The van der Waals surface area contributed by atoms with Gasteiger partial charge in [0.1, 0.15) is 6.29 Å². The fraction of sp³-hybridized carbons (Fsp3) is 0.714. The number of thioether (sulfide) groups is 1. The number of ether oxygens (including phenoxy) is 1. The minimum atomic E-state index is -0.492. The van der Waals surface area contributed by atoms with Gasteiger partial charge in [0.05, 0.1) is 17.6 Å². The SMILES string of the molecule is COC(=O)CSC(C)(C)C=O. The minimum Gasteiger partial charge on any atom is -0.468 e. The summed E-state index contributed by atoms with van der Waals surface area (Å²) in [6.07, 6.45) is 0.820. The van der Waals surface area contributed by atoms with Gasteiger partial charge in [-0.1, -0.05) is 0 Å². The quantitative estimate of drug-likeness (QED) is 0.471. The number of rotatable bonds is 4. The highest BCUT2D eigenvalue weighted by molar-refractivity contribution is 8.01. The summed E-state index contributed by atoms with van der Waals surface area (Å²) in [4.78, 5) is 21.0. The number of hydrogen-bond acceptors (Lipinski definition) is 4. The van der Waals surface area contributed by atoms with Crippen molar-refractivity contribution in [2.24, 2.45) is 0 Å². The highest BCUT2D eigenvalue weighted by Gasteiger charge is 2.18. The Hall–Kier alpha value is -0.510. The molecule has 3 nitrogen and oxygen atoms in total. The maximum Gasteiger partial charge on any atom is 0.315 e. The molecule has 0 N–H and O–H groups in total. The van der Waals surface area contributed by atoms with Crippen LogP contribution in [0.1, 0.15) is 13.8 Å². The van der Waals surface area contributed by atoms with Gasteiger partial charge in [-0.05, 0) is 13.8 Å². The molecule has 0 aromatic rings. The summed E-state index contributed by atoms with van der Waals surface area (Å²) in [5.74, 6) is -0.0766. The van der Waals surface area contributed by atoms with Gasteiger partial charge in [0.25, 0.3) is 0 Å². The first kappa shape index (κ1) is 10.5. The van der Waals surface area contributed by atoms with Crippen molar-refractivity contribution in [2.75, 3.05) is 12.9 Å². The van der Waals surface area contributed by atoms with Crippen LogP contribution in [0.4, 0.5) is 0 Å². The lowest BCUT2D eigenvalue weighted by molar-refractivity contribution is -0.137. The van der Waals surface area contributed by atoms with Crippen molar-refractivity contribution in [3.63, 3.8) is 0 Å². The summed E-state index contributed by atoms with van der Waals surface area (Å²) < 4.78 is 3.92. The highest BCUT2D eigenvalue weighted by atomic mass is 32.2. The third-order valence-corrected chi connectivity index (χ3v) is 2.29. The van der Waals surface area contributed by atoms with Crippen molar-refractivity contribution in [2.45, 2.75) is 18.6 Å². The van der Waals surface area contributed by atoms with Crippen LogP contribution in [0.5, 0.6) is 0 Å². The Labute approximate surface area is 70.5 Å². The molecule has 0 aliphatic rings. The first-order chi connectivity index (χ1) is 5.02. The normalized spacial score (nSPS) is 10.8. The topological polar surface area (TPSA) is 43.4 Å². The number of esters is 1. The molecule has 0 atom stereocenters. The lowest BCUT2D eigenvalue weighted by Crippen LogP contribution is -2.19. The highest BCUT2D eigenvalue weighted by Crippen LogP contribution is 2.21. The van der Waals surface area contributed by atoms with E-state index in [2.05, 4.69) is 4.74 Å². The molecule has 0 rings (SSSR count). The van der Waals surface area contributed by atoms with Crippen LogP contribution in [0.3, 0.4) is 0 Å². The van der Waals surface area contributed by atoms with Crippen LogP contribution in [0.2, 0.25) is 0 Å². The molecule has 11 heavy (non-hydrogen) atoms. The average Bonchev–Trinajstić information content (AvgIpc) is 2.00. The van der Waals surface area contributed by atoms with Gasteiger partial charge in [0, 0.05) is 0 Å². The minimum absolute atomic E-state index is 0.224. The van der Waals surface area contributed by atoms with E-state index in [0.717, 1.165) is 6.29 Å². The average molecular weight is 176 g/mol. The maximum atomic E-state index is 10.6. The summed E-state index contributed by atoms with van der Waals surface area (Å²) in [5.41, 5.74) is 0. The van der Waals surface area contributed by atoms with Crippen molar-refractivity contribution in [1.29, 1.82) is 0 Å². The second-order valence-electron chi connectivity index (χ2n) is 2.59. The molecule has 0 spiro atoms. The number of carbonyl (C=O) groups is 2. The van der Waals surface area contributed by atoms with Gasteiger partial charge >= 0.3 is 5.97 Å². The number of aldehydes is 1. The number of methoxy groups -OCH3 is 1. The molecule has 0 saturated heterocycles. The lowest BCUT2D eigenvalue weighted by atomic mass is 10.2. The van der Waals surface area contributed by atoms with Crippen LogP contribution in [0.25, 0.3) is 0 Å². The summed E-state index contributed by atoms with van der Waals surface area (Å²) in [7, 11) is 1.33. The maximum absolute atomic E-state index is 10.6. The Kier molecular flexibility index (Phi) is 4.18. The smallest absolute Gasteiger partial charge is 0.315 e. The van der Waals surface area contributed by atoms with Crippen molar-refractivity contribution < 1.29 is 14.3 Å². The molecule has 0 aromatic carbocycles. The zero-order valence-electron chi connectivity index (χ0n) is 6.92. The summed E-state index contributed by atoms with van der Waals surface area (Å²) >= 11 is 1.27. The van der Waals surface area contributed by atoms with Crippen LogP contribution in [0, 0.1) is 0 Å². The fourth-order valence-electron chi connectivity index (χ4n) is 0.338. The monoisotopic (exact) mass is 176 g/mol. The third kappa shape index (κ3) is 4.84. The number of hydrogen-bond donors (Lipinski definition) is 0. The molecule has 0 aliphatic carbocycles. The Balaban J connectivity index is 3.69. The fourth-order valence-corrected chi connectivity index (χ4v) is 1.01. The molecule has 0 aromatic heterocycles. The molecule has 0 saturated carbocycles. The third-order valence-electron chi connectivity index (χ3n) is 1.07. The van der Waals surface area contributed by atoms with Gasteiger partial charge in [0.2, 0.25) is 0 Å². The van der Waals surface area contributed by atoms with Gasteiger partial charge < -0.3 is 9.53 Å². The van der Waals surface area contributed by atoms with E-state index in [1.807, 2.05) is 0 Å². The molecular formula is C7H12O3S. The molecule has 0 heterocycles. The van der Waals surface area contributed by atoms with Crippen LogP contribution >= 0.6 is 11.8 Å². The molecule has 4 heteroatoms. The predicted molar refractivity (Wildman–Crippen MR) is 44.6 cm³/mol. The first-order valence-electron chi connectivity index (χ1n) is 3.19. The second-order valence-corrected chi connectivity index (χ2v) is 4.22. The van der Waals surface area contributed by atoms with Crippen LogP contribution in [-0.2, 0) is 14.3 Å². The van der Waals surface area contributed by atoms with Crippen LogP contribution in [0.15, 0.2) is 0 Å². The summed E-state index contributed by atoms with van der Waals surface area (Å²) in [6, 6.07) is 0. The van der Waals surface area contributed by atoms with Gasteiger partial charge in [-0.15, -0.1) is 11.8 Å².